The fourth-order valence-corrected chi connectivity index (χ4v) is 4.38. The molecule has 1 aliphatic carbocycles. The van der Waals surface area contributed by atoms with Gasteiger partial charge in [-0.15, -0.1) is 0 Å². The van der Waals surface area contributed by atoms with E-state index in [1.807, 2.05) is 12.1 Å². The average Bonchev–Trinajstić information content (AvgIpc) is 3.00. The first-order valence-electron chi connectivity index (χ1n) is 8.37. The lowest BCUT2D eigenvalue weighted by Gasteiger charge is -2.21. The quantitative estimate of drug-likeness (QED) is 0.435. The zero-order chi connectivity index (χ0) is 18.3. The molecule has 3 aromatic carbocycles. The Labute approximate surface area is 161 Å². The molecular formula is C22H19BrO3. The summed E-state index contributed by atoms with van der Waals surface area (Å²) in [5.41, 5.74) is 5.88. The number of hydrogen-bond acceptors (Lipinski definition) is 3. The molecule has 3 aromatic rings. The van der Waals surface area contributed by atoms with Crippen molar-refractivity contribution in [2.24, 2.45) is 0 Å². The van der Waals surface area contributed by atoms with E-state index >= 15 is 0 Å². The SMILES string of the molecule is COc1cc2c(c(OC)c1OC)C(c1ccccc1Br)c1ccccc1-2. The molecule has 1 atom stereocenters. The lowest BCUT2D eigenvalue weighted by Crippen LogP contribution is -2.04. The van der Waals surface area contributed by atoms with E-state index in [0.29, 0.717) is 11.5 Å². The molecule has 0 spiro atoms. The Morgan fingerprint density at radius 3 is 2.04 bits per heavy atom. The van der Waals surface area contributed by atoms with E-state index in [-0.39, 0.29) is 5.92 Å². The third-order valence-corrected chi connectivity index (χ3v) is 5.66. The Hall–Kier alpha value is -2.46. The fraction of sp³-hybridized carbons (Fsp3) is 0.182. The summed E-state index contributed by atoms with van der Waals surface area (Å²) in [7, 11) is 4.97. The molecule has 0 saturated carbocycles. The lowest BCUT2D eigenvalue weighted by atomic mass is 9.88. The largest absolute Gasteiger partial charge is 0.493 e. The Morgan fingerprint density at radius 1 is 0.731 bits per heavy atom. The Morgan fingerprint density at radius 2 is 1.38 bits per heavy atom. The van der Waals surface area contributed by atoms with Gasteiger partial charge in [0, 0.05) is 16.0 Å². The molecule has 3 nitrogen and oxygen atoms in total. The van der Waals surface area contributed by atoms with Crippen molar-refractivity contribution in [1.82, 2.24) is 0 Å². The van der Waals surface area contributed by atoms with Gasteiger partial charge >= 0.3 is 0 Å². The smallest absolute Gasteiger partial charge is 0.203 e. The van der Waals surface area contributed by atoms with Crippen LogP contribution in [0.4, 0.5) is 0 Å². The second-order valence-electron chi connectivity index (χ2n) is 6.15. The van der Waals surface area contributed by atoms with Gasteiger partial charge in [0.1, 0.15) is 0 Å². The van der Waals surface area contributed by atoms with Crippen molar-refractivity contribution >= 4 is 15.9 Å². The van der Waals surface area contributed by atoms with E-state index in [9.17, 15) is 0 Å². The van der Waals surface area contributed by atoms with Gasteiger partial charge < -0.3 is 14.2 Å². The molecule has 0 aromatic heterocycles. The summed E-state index contributed by atoms with van der Waals surface area (Å²) >= 11 is 3.72. The van der Waals surface area contributed by atoms with Crippen LogP contribution in [0.2, 0.25) is 0 Å². The lowest BCUT2D eigenvalue weighted by molar-refractivity contribution is 0.322. The molecule has 0 aliphatic heterocycles. The van der Waals surface area contributed by atoms with Crippen molar-refractivity contribution < 1.29 is 14.2 Å². The van der Waals surface area contributed by atoms with Crippen molar-refractivity contribution in [2.45, 2.75) is 5.92 Å². The number of rotatable bonds is 4. The van der Waals surface area contributed by atoms with Crippen molar-refractivity contribution in [3.05, 3.63) is 75.8 Å². The van der Waals surface area contributed by atoms with Crippen LogP contribution in [0.1, 0.15) is 22.6 Å². The highest BCUT2D eigenvalue weighted by Gasteiger charge is 2.36. The molecule has 0 bridgehead atoms. The van der Waals surface area contributed by atoms with Gasteiger partial charge in [-0.1, -0.05) is 58.4 Å². The number of fused-ring (bicyclic) bond motifs is 3. The molecule has 26 heavy (non-hydrogen) atoms. The second kappa shape index (κ2) is 6.69. The minimum absolute atomic E-state index is 0.0616. The zero-order valence-electron chi connectivity index (χ0n) is 14.9. The molecule has 1 aliphatic rings. The summed E-state index contributed by atoms with van der Waals surface area (Å²) in [5.74, 6) is 2.08. The Balaban J connectivity index is 2.10. The van der Waals surface area contributed by atoms with E-state index < -0.39 is 0 Å². The first-order valence-corrected chi connectivity index (χ1v) is 9.17. The summed E-state index contributed by atoms with van der Waals surface area (Å²) in [6.45, 7) is 0. The average molecular weight is 411 g/mol. The molecule has 132 valence electrons. The highest BCUT2D eigenvalue weighted by molar-refractivity contribution is 9.10. The molecule has 0 amide bonds. The molecule has 4 heteroatoms. The molecule has 0 fully saturated rings. The van der Waals surface area contributed by atoms with Gasteiger partial charge in [0.15, 0.2) is 11.5 Å². The maximum absolute atomic E-state index is 5.82. The van der Waals surface area contributed by atoms with Crippen LogP contribution in [-0.4, -0.2) is 21.3 Å². The number of hydrogen-bond donors (Lipinski definition) is 0. The molecule has 0 heterocycles. The van der Waals surface area contributed by atoms with Crippen LogP contribution in [-0.2, 0) is 0 Å². The molecule has 0 N–H and O–H groups in total. The predicted molar refractivity (Wildman–Crippen MR) is 107 cm³/mol. The van der Waals surface area contributed by atoms with Gasteiger partial charge in [0.2, 0.25) is 5.75 Å². The van der Waals surface area contributed by atoms with Gasteiger partial charge in [-0.3, -0.25) is 0 Å². The normalized spacial score (nSPS) is 14.5. The van der Waals surface area contributed by atoms with Crippen LogP contribution in [0, 0.1) is 0 Å². The number of halogens is 1. The van der Waals surface area contributed by atoms with Gasteiger partial charge in [-0.2, -0.15) is 0 Å². The monoisotopic (exact) mass is 410 g/mol. The van der Waals surface area contributed by atoms with Crippen molar-refractivity contribution in [3.63, 3.8) is 0 Å². The van der Waals surface area contributed by atoms with E-state index in [1.54, 1.807) is 21.3 Å². The minimum Gasteiger partial charge on any atom is -0.493 e. The van der Waals surface area contributed by atoms with Crippen LogP contribution in [0.15, 0.2) is 59.1 Å². The number of ether oxygens (including phenoxy) is 3. The topological polar surface area (TPSA) is 27.7 Å². The van der Waals surface area contributed by atoms with E-state index in [4.69, 9.17) is 14.2 Å². The summed E-state index contributed by atoms with van der Waals surface area (Å²) in [6, 6.07) is 18.8. The molecule has 0 radical (unpaired) electrons. The van der Waals surface area contributed by atoms with Crippen molar-refractivity contribution in [1.29, 1.82) is 0 Å². The van der Waals surface area contributed by atoms with Crippen LogP contribution in [0.3, 0.4) is 0 Å². The maximum Gasteiger partial charge on any atom is 0.203 e. The van der Waals surface area contributed by atoms with E-state index in [0.717, 1.165) is 21.3 Å². The van der Waals surface area contributed by atoms with Crippen LogP contribution >= 0.6 is 15.9 Å². The predicted octanol–water partition coefficient (Wildman–Crippen LogP) is 5.64. The first kappa shape index (κ1) is 17.0. The van der Waals surface area contributed by atoms with Crippen LogP contribution in [0.5, 0.6) is 17.2 Å². The standard InChI is InChI=1S/C22H19BrO3/c1-24-18-12-16-13-8-4-5-9-14(13)19(15-10-6-7-11-17(15)23)20(16)22(26-3)21(18)25-2/h4-12,19H,1-3H3. The van der Waals surface area contributed by atoms with Gasteiger partial charge in [-0.25, -0.2) is 0 Å². The van der Waals surface area contributed by atoms with Gasteiger partial charge in [0.05, 0.1) is 21.3 Å². The molecule has 4 rings (SSSR count). The summed E-state index contributed by atoms with van der Waals surface area (Å²) in [5, 5.41) is 0. The van der Waals surface area contributed by atoms with E-state index in [2.05, 4.69) is 58.4 Å². The number of methoxy groups -OCH3 is 3. The van der Waals surface area contributed by atoms with Crippen molar-refractivity contribution in [3.8, 4) is 28.4 Å². The van der Waals surface area contributed by atoms with Crippen LogP contribution < -0.4 is 14.2 Å². The minimum atomic E-state index is 0.0616. The van der Waals surface area contributed by atoms with Gasteiger partial charge in [-0.05, 0) is 34.4 Å². The summed E-state index contributed by atoms with van der Waals surface area (Å²) in [4.78, 5) is 0. The fourth-order valence-electron chi connectivity index (χ4n) is 3.87. The highest BCUT2D eigenvalue weighted by Crippen LogP contribution is 2.57. The third kappa shape index (κ3) is 2.40. The molecular weight excluding hydrogens is 392 g/mol. The third-order valence-electron chi connectivity index (χ3n) is 4.94. The molecule has 1 unspecified atom stereocenters. The Bertz CT molecular complexity index is 981. The Kier molecular flexibility index (Phi) is 4.37. The van der Waals surface area contributed by atoms with Crippen LogP contribution in [0.25, 0.3) is 11.1 Å². The van der Waals surface area contributed by atoms with Crippen molar-refractivity contribution in [2.75, 3.05) is 21.3 Å². The maximum atomic E-state index is 5.82. The summed E-state index contributed by atoms with van der Waals surface area (Å²) < 4.78 is 18.1. The second-order valence-corrected chi connectivity index (χ2v) is 7.00. The van der Waals surface area contributed by atoms with E-state index in [1.165, 1.54) is 16.7 Å². The molecule has 0 saturated heterocycles. The first-order chi connectivity index (χ1) is 12.7. The highest BCUT2D eigenvalue weighted by atomic mass is 79.9. The number of benzene rings is 3. The summed E-state index contributed by atoms with van der Waals surface area (Å²) in [6.07, 6.45) is 0. The zero-order valence-corrected chi connectivity index (χ0v) is 16.5. The van der Waals surface area contributed by atoms with Gasteiger partial charge in [0.25, 0.3) is 0 Å².